The molecule has 6 heteroatoms. The number of hydrogen-bond acceptors (Lipinski definition) is 4. The first-order valence-electron chi connectivity index (χ1n) is 8.72. The molecule has 0 bridgehead atoms. The van der Waals surface area contributed by atoms with Gasteiger partial charge in [-0.15, -0.1) is 0 Å². The van der Waals surface area contributed by atoms with E-state index in [9.17, 15) is 9.59 Å². The average molecular weight is 353 g/mol. The minimum absolute atomic E-state index is 0.100. The molecule has 1 aliphatic rings. The predicted molar refractivity (Wildman–Crippen MR) is 102 cm³/mol. The van der Waals surface area contributed by atoms with E-state index in [0.717, 1.165) is 31.7 Å². The van der Waals surface area contributed by atoms with Gasteiger partial charge in [-0.2, -0.15) is 0 Å². The molecule has 136 valence electrons. The zero-order valence-electron chi connectivity index (χ0n) is 14.8. The second kappa shape index (κ2) is 8.49. The molecule has 2 N–H and O–H groups in total. The number of rotatable bonds is 6. The van der Waals surface area contributed by atoms with Gasteiger partial charge in [0.2, 0.25) is 5.91 Å². The first-order valence-corrected chi connectivity index (χ1v) is 8.72. The normalized spacial score (nSPS) is 14.0. The van der Waals surface area contributed by atoms with Gasteiger partial charge < -0.3 is 15.4 Å². The number of nitrogens with zero attached hydrogens (tertiary/aromatic N) is 1. The maximum Gasteiger partial charge on any atom is 0.257 e. The maximum atomic E-state index is 12.6. The zero-order chi connectivity index (χ0) is 18.4. The van der Waals surface area contributed by atoms with Crippen LogP contribution in [-0.4, -0.2) is 43.5 Å². The fraction of sp³-hybridized carbons (Fsp3) is 0.300. The zero-order valence-corrected chi connectivity index (χ0v) is 14.8. The highest BCUT2D eigenvalue weighted by atomic mass is 16.5. The van der Waals surface area contributed by atoms with Gasteiger partial charge in [0.1, 0.15) is 5.75 Å². The van der Waals surface area contributed by atoms with Crippen LogP contribution < -0.4 is 15.4 Å². The van der Waals surface area contributed by atoms with Crippen LogP contribution in [0.4, 0.5) is 11.4 Å². The minimum Gasteiger partial charge on any atom is -0.497 e. The van der Waals surface area contributed by atoms with Crippen molar-refractivity contribution in [2.75, 3.05) is 37.4 Å². The van der Waals surface area contributed by atoms with Crippen LogP contribution >= 0.6 is 0 Å². The summed E-state index contributed by atoms with van der Waals surface area (Å²) in [5, 5.41) is 5.70. The standard InChI is InChI=1S/C20H23N3O3/c1-26-16-10-8-15(9-11-16)21-20(25)17-6-2-3-7-18(17)22-19(24)14-23-12-4-5-13-23/h2-3,6-11H,4-5,12-14H2,1H3,(H,21,25)(H,22,24). The van der Waals surface area contributed by atoms with E-state index in [2.05, 4.69) is 15.5 Å². The smallest absolute Gasteiger partial charge is 0.257 e. The Morgan fingerprint density at radius 1 is 1.00 bits per heavy atom. The fourth-order valence-corrected chi connectivity index (χ4v) is 3.00. The van der Waals surface area contributed by atoms with Crippen LogP contribution in [0.15, 0.2) is 48.5 Å². The van der Waals surface area contributed by atoms with E-state index < -0.39 is 0 Å². The molecule has 0 unspecified atom stereocenters. The molecule has 0 saturated carbocycles. The number of hydrogen-bond donors (Lipinski definition) is 2. The van der Waals surface area contributed by atoms with E-state index in [-0.39, 0.29) is 11.8 Å². The summed E-state index contributed by atoms with van der Waals surface area (Å²) in [7, 11) is 1.59. The predicted octanol–water partition coefficient (Wildman–Crippen LogP) is 2.98. The summed E-state index contributed by atoms with van der Waals surface area (Å²) in [6, 6.07) is 14.1. The van der Waals surface area contributed by atoms with Crippen molar-refractivity contribution in [3.05, 3.63) is 54.1 Å². The third-order valence-corrected chi connectivity index (χ3v) is 4.36. The third kappa shape index (κ3) is 4.61. The molecule has 1 saturated heterocycles. The van der Waals surface area contributed by atoms with Crippen molar-refractivity contribution in [1.29, 1.82) is 0 Å². The van der Waals surface area contributed by atoms with E-state index in [0.29, 0.717) is 23.5 Å². The number of benzene rings is 2. The number of amides is 2. The van der Waals surface area contributed by atoms with Crippen molar-refractivity contribution in [1.82, 2.24) is 4.90 Å². The lowest BCUT2D eigenvalue weighted by atomic mass is 10.1. The van der Waals surface area contributed by atoms with E-state index in [1.54, 1.807) is 55.6 Å². The number of likely N-dealkylation sites (tertiary alicyclic amines) is 1. The van der Waals surface area contributed by atoms with Crippen LogP contribution in [0.1, 0.15) is 23.2 Å². The van der Waals surface area contributed by atoms with Crippen LogP contribution in [0.2, 0.25) is 0 Å². The Labute approximate surface area is 153 Å². The van der Waals surface area contributed by atoms with Crippen LogP contribution in [0.5, 0.6) is 5.75 Å². The van der Waals surface area contributed by atoms with Gasteiger partial charge in [0.25, 0.3) is 5.91 Å². The van der Waals surface area contributed by atoms with Crippen LogP contribution in [-0.2, 0) is 4.79 Å². The molecule has 0 aromatic heterocycles. The van der Waals surface area contributed by atoms with Gasteiger partial charge >= 0.3 is 0 Å². The monoisotopic (exact) mass is 353 g/mol. The molecule has 0 atom stereocenters. The molecule has 6 nitrogen and oxygen atoms in total. The van der Waals surface area contributed by atoms with Crippen LogP contribution in [0.25, 0.3) is 0 Å². The summed E-state index contributed by atoms with van der Waals surface area (Å²) in [5.74, 6) is 0.349. The van der Waals surface area contributed by atoms with Gasteiger partial charge in [-0.1, -0.05) is 12.1 Å². The molecule has 3 rings (SSSR count). The van der Waals surface area contributed by atoms with Crippen molar-refractivity contribution in [3.63, 3.8) is 0 Å². The lowest BCUT2D eigenvalue weighted by molar-refractivity contribution is -0.117. The molecule has 2 amide bonds. The summed E-state index contributed by atoms with van der Waals surface area (Å²) < 4.78 is 5.11. The van der Waals surface area contributed by atoms with Crippen LogP contribution in [0.3, 0.4) is 0 Å². The highest BCUT2D eigenvalue weighted by molar-refractivity contribution is 6.10. The van der Waals surface area contributed by atoms with Gasteiger partial charge in [0, 0.05) is 5.69 Å². The molecule has 1 heterocycles. The summed E-state index contributed by atoms with van der Waals surface area (Å²) in [6.45, 7) is 2.26. The lowest BCUT2D eigenvalue weighted by Crippen LogP contribution is -2.31. The number of nitrogens with one attached hydrogen (secondary N) is 2. The quantitative estimate of drug-likeness (QED) is 0.838. The van der Waals surface area contributed by atoms with E-state index in [4.69, 9.17) is 4.74 Å². The Morgan fingerprint density at radius 3 is 2.38 bits per heavy atom. The molecule has 2 aromatic rings. The largest absolute Gasteiger partial charge is 0.497 e. The average Bonchev–Trinajstić information content (AvgIpc) is 3.15. The highest BCUT2D eigenvalue weighted by Crippen LogP contribution is 2.19. The van der Waals surface area contributed by atoms with Crippen molar-refractivity contribution >= 4 is 23.2 Å². The Morgan fingerprint density at radius 2 is 1.69 bits per heavy atom. The summed E-state index contributed by atoms with van der Waals surface area (Å²) in [6.07, 6.45) is 2.27. The van der Waals surface area contributed by atoms with Crippen LogP contribution in [0, 0.1) is 0 Å². The third-order valence-electron chi connectivity index (χ3n) is 4.36. The Kier molecular flexibility index (Phi) is 5.86. The Bertz CT molecular complexity index is 768. The van der Waals surface area contributed by atoms with Crippen molar-refractivity contribution < 1.29 is 14.3 Å². The Hall–Kier alpha value is -2.86. The molecular weight excluding hydrogens is 330 g/mol. The van der Waals surface area contributed by atoms with Crippen molar-refractivity contribution in [2.45, 2.75) is 12.8 Å². The minimum atomic E-state index is -0.271. The number of carbonyl (C=O) groups excluding carboxylic acids is 2. The molecule has 0 spiro atoms. The van der Waals surface area contributed by atoms with Crippen molar-refractivity contribution in [2.24, 2.45) is 0 Å². The molecule has 1 aliphatic heterocycles. The van der Waals surface area contributed by atoms with E-state index in [1.165, 1.54) is 0 Å². The first-order chi connectivity index (χ1) is 12.7. The topological polar surface area (TPSA) is 70.7 Å². The van der Waals surface area contributed by atoms with Gasteiger partial charge in [0.15, 0.2) is 0 Å². The van der Waals surface area contributed by atoms with Gasteiger partial charge in [-0.25, -0.2) is 0 Å². The molecule has 26 heavy (non-hydrogen) atoms. The van der Waals surface area contributed by atoms with Gasteiger partial charge in [-0.05, 0) is 62.3 Å². The number of carbonyl (C=O) groups is 2. The summed E-state index contributed by atoms with van der Waals surface area (Å²) in [4.78, 5) is 27.0. The SMILES string of the molecule is COc1ccc(NC(=O)c2ccccc2NC(=O)CN2CCCC2)cc1. The van der Waals surface area contributed by atoms with Crippen molar-refractivity contribution in [3.8, 4) is 5.75 Å². The molecule has 2 aromatic carbocycles. The maximum absolute atomic E-state index is 12.6. The summed E-state index contributed by atoms with van der Waals surface area (Å²) >= 11 is 0. The second-order valence-electron chi connectivity index (χ2n) is 6.26. The fourth-order valence-electron chi connectivity index (χ4n) is 3.00. The summed E-state index contributed by atoms with van der Waals surface area (Å²) in [5.41, 5.74) is 1.61. The molecule has 0 radical (unpaired) electrons. The number of para-hydroxylation sites is 1. The lowest BCUT2D eigenvalue weighted by Gasteiger charge is -2.16. The van der Waals surface area contributed by atoms with Gasteiger partial charge in [-0.3, -0.25) is 14.5 Å². The second-order valence-corrected chi connectivity index (χ2v) is 6.26. The molecule has 0 aliphatic carbocycles. The Balaban J connectivity index is 1.66. The van der Waals surface area contributed by atoms with Gasteiger partial charge in [0.05, 0.1) is 24.9 Å². The molecule has 1 fully saturated rings. The number of anilines is 2. The highest BCUT2D eigenvalue weighted by Gasteiger charge is 2.17. The molecular formula is C20H23N3O3. The first kappa shape index (κ1) is 17.9. The van der Waals surface area contributed by atoms with E-state index >= 15 is 0 Å². The number of methoxy groups -OCH3 is 1. The van der Waals surface area contributed by atoms with E-state index in [1.807, 2.05) is 0 Å². The number of ether oxygens (including phenoxy) is 1.